The Balaban J connectivity index is 1.84. The summed E-state index contributed by atoms with van der Waals surface area (Å²) in [5.41, 5.74) is 2.91. The van der Waals surface area contributed by atoms with Gasteiger partial charge in [-0.05, 0) is 49.3 Å². The van der Waals surface area contributed by atoms with Crippen LogP contribution in [-0.4, -0.2) is 17.0 Å². The third-order valence-corrected chi connectivity index (χ3v) is 4.91. The molecule has 4 heteroatoms. The molecular weight excluding hydrogens is 266 g/mol. The zero-order valence-electron chi connectivity index (χ0n) is 12.2. The number of hydrogen-bond donors (Lipinski definition) is 2. The van der Waals surface area contributed by atoms with Crippen molar-refractivity contribution in [2.45, 2.75) is 20.3 Å². The number of fused-ring (bicyclic) bond motifs is 2. The average molecular weight is 285 g/mol. The van der Waals surface area contributed by atoms with Crippen molar-refractivity contribution in [1.82, 2.24) is 0 Å². The summed E-state index contributed by atoms with van der Waals surface area (Å²) in [6, 6.07) is 5.75. The molecule has 1 saturated carbocycles. The first kappa shape index (κ1) is 13.9. The number of carboxylic acids is 1. The van der Waals surface area contributed by atoms with Crippen molar-refractivity contribution in [2.75, 3.05) is 5.32 Å². The molecule has 0 saturated heterocycles. The van der Waals surface area contributed by atoms with E-state index in [-0.39, 0.29) is 17.7 Å². The maximum atomic E-state index is 12.6. The number of allylic oxidation sites excluding steroid dienone is 2. The van der Waals surface area contributed by atoms with E-state index in [1.165, 1.54) is 0 Å². The maximum absolute atomic E-state index is 12.6. The lowest BCUT2D eigenvalue weighted by atomic mass is 9.82. The third-order valence-electron chi connectivity index (χ3n) is 4.91. The van der Waals surface area contributed by atoms with E-state index in [4.69, 9.17) is 0 Å². The highest BCUT2D eigenvalue weighted by atomic mass is 16.4. The van der Waals surface area contributed by atoms with Gasteiger partial charge in [0.25, 0.3) is 0 Å². The number of benzene rings is 1. The Kier molecular flexibility index (Phi) is 3.32. The van der Waals surface area contributed by atoms with Crippen molar-refractivity contribution >= 4 is 17.6 Å². The zero-order chi connectivity index (χ0) is 15.1. The number of nitrogens with one attached hydrogen (secondary N) is 1. The summed E-state index contributed by atoms with van der Waals surface area (Å²) in [5.74, 6) is -2.04. The molecule has 4 nitrogen and oxygen atoms in total. The van der Waals surface area contributed by atoms with Crippen LogP contribution < -0.4 is 5.32 Å². The van der Waals surface area contributed by atoms with Crippen molar-refractivity contribution in [2.24, 2.45) is 23.7 Å². The monoisotopic (exact) mass is 285 g/mol. The van der Waals surface area contributed by atoms with Gasteiger partial charge >= 0.3 is 5.97 Å². The Hall–Kier alpha value is -2.10. The minimum atomic E-state index is -0.868. The molecule has 2 bridgehead atoms. The number of amides is 1. The van der Waals surface area contributed by atoms with Crippen LogP contribution in [0.3, 0.4) is 0 Å². The third kappa shape index (κ3) is 2.24. The van der Waals surface area contributed by atoms with Crippen LogP contribution in [0.25, 0.3) is 0 Å². The number of carbonyl (C=O) groups excluding carboxylic acids is 1. The van der Waals surface area contributed by atoms with E-state index >= 15 is 0 Å². The highest BCUT2D eigenvalue weighted by molar-refractivity contribution is 5.97. The van der Waals surface area contributed by atoms with Crippen LogP contribution >= 0.6 is 0 Å². The van der Waals surface area contributed by atoms with Gasteiger partial charge in [-0.15, -0.1) is 0 Å². The Morgan fingerprint density at radius 2 is 1.81 bits per heavy atom. The largest absolute Gasteiger partial charge is 0.481 e. The molecule has 0 aliphatic heterocycles. The molecule has 2 aliphatic carbocycles. The molecule has 0 radical (unpaired) electrons. The lowest BCUT2D eigenvalue weighted by Gasteiger charge is -2.24. The van der Waals surface area contributed by atoms with Crippen LogP contribution in [0.2, 0.25) is 0 Å². The van der Waals surface area contributed by atoms with Gasteiger partial charge in [0.1, 0.15) is 0 Å². The molecule has 21 heavy (non-hydrogen) atoms. The fourth-order valence-electron chi connectivity index (χ4n) is 3.62. The molecule has 0 aromatic heterocycles. The Bertz CT molecular complexity index is 635. The van der Waals surface area contributed by atoms with Crippen LogP contribution in [0.1, 0.15) is 17.5 Å². The minimum absolute atomic E-state index is 0.00172. The Morgan fingerprint density at radius 1 is 1.14 bits per heavy atom. The summed E-state index contributed by atoms with van der Waals surface area (Å²) < 4.78 is 0. The molecule has 3 rings (SSSR count). The van der Waals surface area contributed by atoms with Crippen LogP contribution in [0.5, 0.6) is 0 Å². The van der Waals surface area contributed by atoms with Crippen LogP contribution in [0, 0.1) is 37.5 Å². The van der Waals surface area contributed by atoms with Gasteiger partial charge in [-0.3, -0.25) is 9.59 Å². The van der Waals surface area contributed by atoms with E-state index in [1.807, 2.05) is 44.2 Å². The molecule has 2 aliphatic rings. The first-order valence-corrected chi connectivity index (χ1v) is 7.27. The summed E-state index contributed by atoms with van der Waals surface area (Å²) in [4.78, 5) is 24.0. The van der Waals surface area contributed by atoms with Gasteiger partial charge in [0.15, 0.2) is 0 Å². The van der Waals surface area contributed by atoms with E-state index in [2.05, 4.69) is 5.32 Å². The van der Waals surface area contributed by atoms with Gasteiger partial charge in [0, 0.05) is 5.69 Å². The number of carboxylic acid groups (broad SMARTS) is 1. The second-order valence-electron chi connectivity index (χ2n) is 6.07. The molecule has 2 N–H and O–H groups in total. The second kappa shape index (κ2) is 5.02. The molecule has 0 heterocycles. The first-order valence-electron chi connectivity index (χ1n) is 7.27. The quantitative estimate of drug-likeness (QED) is 0.839. The van der Waals surface area contributed by atoms with Gasteiger partial charge < -0.3 is 10.4 Å². The zero-order valence-corrected chi connectivity index (χ0v) is 12.2. The topological polar surface area (TPSA) is 66.4 Å². The van der Waals surface area contributed by atoms with Crippen LogP contribution in [0.4, 0.5) is 5.69 Å². The Morgan fingerprint density at radius 3 is 2.48 bits per heavy atom. The van der Waals surface area contributed by atoms with Gasteiger partial charge in [0.2, 0.25) is 5.91 Å². The molecule has 1 fully saturated rings. The van der Waals surface area contributed by atoms with Crippen LogP contribution in [0.15, 0.2) is 30.4 Å². The fraction of sp³-hybridized carbons (Fsp3) is 0.412. The lowest BCUT2D eigenvalue weighted by Crippen LogP contribution is -2.36. The smallest absolute Gasteiger partial charge is 0.307 e. The van der Waals surface area contributed by atoms with E-state index in [9.17, 15) is 14.7 Å². The van der Waals surface area contributed by atoms with Gasteiger partial charge in [-0.25, -0.2) is 0 Å². The van der Waals surface area contributed by atoms with E-state index in [0.29, 0.717) is 0 Å². The SMILES string of the molecule is Cc1cccc(NC(=O)[C@H]2[C@H](C(=O)O)[C@H]3C=C[C@H]2C3)c1C. The van der Waals surface area contributed by atoms with Crippen molar-refractivity contribution in [3.05, 3.63) is 41.5 Å². The molecule has 4 atom stereocenters. The molecule has 0 unspecified atom stereocenters. The standard InChI is InChI=1S/C17H19NO3/c1-9-4-3-5-13(10(9)2)18-16(19)14-11-6-7-12(8-11)15(14)17(20)21/h3-7,11-12,14-15H,8H2,1-2H3,(H,18,19)(H,20,21)/t11-,12-,14+,15+/m0/s1. The van der Waals surface area contributed by atoms with E-state index in [1.54, 1.807) is 0 Å². The van der Waals surface area contributed by atoms with E-state index < -0.39 is 17.8 Å². The summed E-state index contributed by atoms with van der Waals surface area (Å²) in [7, 11) is 0. The summed E-state index contributed by atoms with van der Waals surface area (Å²) in [5, 5.41) is 12.3. The number of aliphatic carboxylic acids is 1. The number of aryl methyl sites for hydroxylation is 1. The molecule has 1 aromatic carbocycles. The van der Waals surface area contributed by atoms with E-state index in [0.717, 1.165) is 23.2 Å². The summed E-state index contributed by atoms with van der Waals surface area (Å²) in [6.45, 7) is 3.95. The highest BCUT2D eigenvalue weighted by Crippen LogP contribution is 2.48. The predicted molar refractivity (Wildman–Crippen MR) is 79.9 cm³/mol. The predicted octanol–water partition coefficient (Wildman–Crippen LogP) is 2.76. The van der Waals surface area contributed by atoms with Crippen molar-refractivity contribution in [3.63, 3.8) is 0 Å². The summed E-state index contributed by atoms with van der Waals surface area (Å²) >= 11 is 0. The van der Waals surface area contributed by atoms with Gasteiger partial charge in [-0.1, -0.05) is 24.3 Å². The second-order valence-corrected chi connectivity index (χ2v) is 6.07. The number of anilines is 1. The van der Waals surface area contributed by atoms with Gasteiger partial charge in [-0.2, -0.15) is 0 Å². The Labute approximate surface area is 123 Å². The van der Waals surface area contributed by atoms with Crippen molar-refractivity contribution < 1.29 is 14.7 Å². The summed E-state index contributed by atoms with van der Waals surface area (Å²) in [6.07, 6.45) is 4.73. The van der Waals surface area contributed by atoms with Gasteiger partial charge in [0.05, 0.1) is 11.8 Å². The molecule has 1 amide bonds. The van der Waals surface area contributed by atoms with Crippen molar-refractivity contribution in [3.8, 4) is 0 Å². The average Bonchev–Trinajstić information content (AvgIpc) is 3.04. The first-order chi connectivity index (χ1) is 9.99. The molecule has 0 spiro atoms. The lowest BCUT2D eigenvalue weighted by molar-refractivity contribution is -0.146. The van der Waals surface area contributed by atoms with Crippen LogP contribution in [-0.2, 0) is 9.59 Å². The minimum Gasteiger partial charge on any atom is -0.481 e. The number of carbonyl (C=O) groups is 2. The normalized spacial score (nSPS) is 29.6. The van der Waals surface area contributed by atoms with Crippen molar-refractivity contribution in [1.29, 1.82) is 0 Å². The highest BCUT2D eigenvalue weighted by Gasteiger charge is 2.51. The number of hydrogen-bond acceptors (Lipinski definition) is 2. The molecular formula is C17H19NO3. The molecule has 1 aromatic rings. The fourth-order valence-corrected chi connectivity index (χ4v) is 3.62. The maximum Gasteiger partial charge on any atom is 0.307 e. The molecule has 110 valence electrons. The number of rotatable bonds is 3.